The Bertz CT molecular complexity index is 1490. The van der Waals surface area contributed by atoms with E-state index < -0.39 is 6.09 Å². The quantitative estimate of drug-likeness (QED) is 0.404. The molecule has 2 aliphatic rings. The molecule has 2 aromatic carbocycles. The minimum atomic E-state index is -0.527. The van der Waals surface area contributed by atoms with Crippen molar-refractivity contribution in [2.24, 2.45) is 0 Å². The number of benzene rings is 2. The second-order valence-electron chi connectivity index (χ2n) is 9.88. The summed E-state index contributed by atoms with van der Waals surface area (Å²) in [5, 5.41) is 8.35. The van der Waals surface area contributed by atoms with Crippen LogP contribution in [0.5, 0.6) is 0 Å². The van der Waals surface area contributed by atoms with Crippen LogP contribution in [0.1, 0.15) is 29.2 Å². The lowest BCUT2D eigenvalue weighted by atomic mass is 10.0. The Hall–Kier alpha value is -4.51. The molecule has 0 aliphatic carbocycles. The Morgan fingerprint density at radius 3 is 2.38 bits per heavy atom. The number of ether oxygens (including phenoxy) is 2. The van der Waals surface area contributed by atoms with E-state index in [1.54, 1.807) is 12.1 Å². The molecule has 4 aromatic rings. The maximum atomic E-state index is 13.0. The van der Waals surface area contributed by atoms with E-state index in [9.17, 15) is 9.59 Å². The minimum Gasteiger partial charge on any atom is -0.453 e. The third-order valence-corrected chi connectivity index (χ3v) is 7.44. The van der Waals surface area contributed by atoms with Crippen molar-refractivity contribution >= 4 is 34.5 Å². The summed E-state index contributed by atoms with van der Waals surface area (Å²) in [6.07, 6.45) is 2.90. The van der Waals surface area contributed by atoms with Gasteiger partial charge in [0, 0.05) is 43.0 Å². The fourth-order valence-electron chi connectivity index (χ4n) is 5.27. The first-order valence-corrected chi connectivity index (χ1v) is 13.5. The number of nitrogens with zero attached hydrogens (tertiary/aromatic N) is 6. The molecule has 40 heavy (non-hydrogen) atoms. The maximum absolute atomic E-state index is 13.0. The van der Waals surface area contributed by atoms with E-state index >= 15 is 0 Å². The number of morpholine rings is 1. The van der Waals surface area contributed by atoms with Crippen LogP contribution in [0.15, 0.2) is 60.8 Å². The molecular weight excluding hydrogens is 510 g/mol. The Kier molecular flexibility index (Phi) is 7.28. The Labute approximate surface area is 231 Å². The standard InChI is InChI=1S/C29H31N7O4/c1-39-29(38)31-22-9-7-20(8-10-22)25-32-26(34-15-17-40-18-16-34)24-19-30-36(27(24)33-25)23-11-13-35(14-12-23)28(37)21-5-3-2-4-6-21/h2-10,19,23H,11-18H2,1H3,(H,31,38). The van der Waals surface area contributed by atoms with Crippen LogP contribution in [0.4, 0.5) is 16.3 Å². The summed E-state index contributed by atoms with van der Waals surface area (Å²) in [6.45, 7) is 4.05. The summed E-state index contributed by atoms with van der Waals surface area (Å²) in [5.41, 5.74) is 2.93. The Morgan fingerprint density at radius 1 is 0.950 bits per heavy atom. The molecule has 11 nitrogen and oxygen atoms in total. The topological polar surface area (TPSA) is 115 Å². The Morgan fingerprint density at radius 2 is 1.68 bits per heavy atom. The maximum Gasteiger partial charge on any atom is 0.411 e. The van der Waals surface area contributed by atoms with E-state index in [1.807, 2.05) is 58.2 Å². The summed E-state index contributed by atoms with van der Waals surface area (Å²) >= 11 is 0. The first-order valence-electron chi connectivity index (χ1n) is 13.5. The van der Waals surface area contributed by atoms with Crippen LogP contribution < -0.4 is 10.2 Å². The molecule has 2 aliphatic heterocycles. The number of hydrogen-bond acceptors (Lipinski definition) is 8. The highest BCUT2D eigenvalue weighted by molar-refractivity contribution is 5.94. The molecule has 0 saturated carbocycles. The van der Waals surface area contributed by atoms with Crippen LogP contribution >= 0.6 is 0 Å². The molecule has 0 radical (unpaired) electrons. The second-order valence-corrected chi connectivity index (χ2v) is 9.88. The van der Waals surface area contributed by atoms with Gasteiger partial charge in [-0.1, -0.05) is 18.2 Å². The highest BCUT2D eigenvalue weighted by Gasteiger charge is 2.28. The summed E-state index contributed by atoms with van der Waals surface area (Å²) < 4.78 is 12.3. The van der Waals surface area contributed by atoms with Gasteiger partial charge in [-0.25, -0.2) is 19.4 Å². The lowest BCUT2D eigenvalue weighted by Gasteiger charge is -2.32. The van der Waals surface area contributed by atoms with Gasteiger partial charge in [-0.15, -0.1) is 0 Å². The molecule has 0 spiro atoms. The molecule has 2 fully saturated rings. The van der Waals surface area contributed by atoms with Crippen LogP contribution in [0.3, 0.4) is 0 Å². The molecule has 0 atom stereocenters. The number of piperidine rings is 1. The van der Waals surface area contributed by atoms with Crippen LogP contribution in [0.2, 0.25) is 0 Å². The third-order valence-electron chi connectivity index (χ3n) is 7.44. The van der Waals surface area contributed by atoms with Crippen molar-refractivity contribution in [2.45, 2.75) is 18.9 Å². The van der Waals surface area contributed by atoms with Crippen molar-refractivity contribution in [3.05, 3.63) is 66.4 Å². The van der Waals surface area contributed by atoms with Gasteiger partial charge in [0.1, 0.15) is 5.82 Å². The zero-order valence-corrected chi connectivity index (χ0v) is 22.3. The van der Waals surface area contributed by atoms with E-state index in [2.05, 4.69) is 15.0 Å². The Balaban J connectivity index is 1.30. The van der Waals surface area contributed by atoms with Gasteiger partial charge in [-0.05, 0) is 49.2 Å². The van der Waals surface area contributed by atoms with Gasteiger partial charge in [-0.3, -0.25) is 10.1 Å². The smallest absolute Gasteiger partial charge is 0.411 e. The van der Waals surface area contributed by atoms with E-state index in [-0.39, 0.29) is 11.9 Å². The van der Waals surface area contributed by atoms with Gasteiger partial charge in [0.2, 0.25) is 0 Å². The van der Waals surface area contributed by atoms with Crippen molar-refractivity contribution in [2.75, 3.05) is 56.7 Å². The molecule has 0 bridgehead atoms. The predicted octanol–water partition coefficient (Wildman–Crippen LogP) is 3.99. The summed E-state index contributed by atoms with van der Waals surface area (Å²) in [6, 6.07) is 16.9. The number of hydrogen-bond donors (Lipinski definition) is 1. The number of fused-ring (bicyclic) bond motifs is 1. The molecular formula is C29H31N7O4. The lowest BCUT2D eigenvalue weighted by Crippen LogP contribution is -2.39. The summed E-state index contributed by atoms with van der Waals surface area (Å²) in [4.78, 5) is 38.6. The monoisotopic (exact) mass is 541 g/mol. The minimum absolute atomic E-state index is 0.0636. The number of methoxy groups -OCH3 is 1. The number of rotatable bonds is 5. The first kappa shape index (κ1) is 25.8. The predicted molar refractivity (Wildman–Crippen MR) is 150 cm³/mol. The largest absolute Gasteiger partial charge is 0.453 e. The average molecular weight is 542 g/mol. The van der Waals surface area contributed by atoms with Crippen molar-refractivity contribution in [1.29, 1.82) is 0 Å². The number of anilines is 2. The van der Waals surface area contributed by atoms with E-state index in [0.717, 1.165) is 48.3 Å². The highest BCUT2D eigenvalue weighted by Crippen LogP contribution is 2.32. The molecule has 2 saturated heterocycles. The fourth-order valence-corrected chi connectivity index (χ4v) is 5.27. The van der Waals surface area contributed by atoms with Crippen molar-refractivity contribution in [1.82, 2.24) is 24.6 Å². The molecule has 2 amide bonds. The molecule has 2 aromatic heterocycles. The zero-order chi connectivity index (χ0) is 27.5. The molecule has 6 rings (SSSR count). The van der Waals surface area contributed by atoms with Gasteiger partial charge in [0.25, 0.3) is 5.91 Å². The van der Waals surface area contributed by atoms with Crippen molar-refractivity contribution < 1.29 is 19.1 Å². The average Bonchev–Trinajstić information content (AvgIpc) is 3.45. The summed E-state index contributed by atoms with van der Waals surface area (Å²) in [7, 11) is 1.33. The van der Waals surface area contributed by atoms with Crippen LogP contribution in [0, 0.1) is 0 Å². The van der Waals surface area contributed by atoms with Crippen molar-refractivity contribution in [3.63, 3.8) is 0 Å². The van der Waals surface area contributed by atoms with Crippen LogP contribution in [0.25, 0.3) is 22.4 Å². The second kappa shape index (κ2) is 11.3. The van der Waals surface area contributed by atoms with E-state index in [1.165, 1.54) is 7.11 Å². The molecule has 4 heterocycles. The van der Waals surface area contributed by atoms with Gasteiger partial charge < -0.3 is 19.3 Å². The molecule has 1 N–H and O–H groups in total. The van der Waals surface area contributed by atoms with Crippen LogP contribution in [-0.4, -0.2) is 83.2 Å². The normalized spacial score (nSPS) is 16.2. The third kappa shape index (κ3) is 5.20. The number of carbonyl (C=O) groups excluding carboxylic acids is 2. The summed E-state index contributed by atoms with van der Waals surface area (Å²) in [5.74, 6) is 1.48. The number of carbonyl (C=O) groups is 2. The van der Waals surface area contributed by atoms with E-state index in [0.29, 0.717) is 43.4 Å². The van der Waals surface area contributed by atoms with Gasteiger partial charge in [0.05, 0.1) is 37.9 Å². The van der Waals surface area contributed by atoms with Gasteiger partial charge >= 0.3 is 6.09 Å². The lowest BCUT2D eigenvalue weighted by molar-refractivity contribution is 0.0691. The number of amides is 2. The van der Waals surface area contributed by atoms with E-state index in [4.69, 9.17) is 19.8 Å². The highest BCUT2D eigenvalue weighted by atomic mass is 16.5. The fraction of sp³-hybridized carbons (Fsp3) is 0.345. The molecule has 206 valence electrons. The van der Waals surface area contributed by atoms with Gasteiger partial charge in [0.15, 0.2) is 11.5 Å². The number of nitrogens with one attached hydrogen (secondary N) is 1. The van der Waals surface area contributed by atoms with Gasteiger partial charge in [-0.2, -0.15) is 5.10 Å². The first-order chi connectivity index (χ1) is 19.6. The zero-order valence-electron chi connectivity index (χ0n) is 22.3. The number of likely N-dealkylation sites (tertiary alicyclic amines) is 1. The number of aromatic nitrogens is 4. The molecule has 0 unspecified atom stereocenters. The SMILES string of the molecule is COC(=O)Nc1ccc(-c2nc(N3CCOCC3)c3cnn(C4CCN(C(=O)c5ccccc5)CC4)c3n2)cc1. The molecule has 11 heteroatoms. The van der Waals surface area contributed by atoms with Crippen LogP contribution in [-0.2, 0) is 9.47 Å². The van der Waals surface area contributed by atoms with Crippen molar-refractivity contribution in [3.8, 4) is 11.4 Å².